The van der Waals surface area contributed by atoms with Crippen molar-refractivity contribution in [2.45, 2.75) is 37.1 Å². The second-order valence-electron chi connectivity index (χ2n) is 3.60. The number of primary sulfonamides is 1. The lowest BCUT2D eigenvalue weighted by Gasteiger charge is -2.28. The predicted molar refractivity (Wildman–Crippen MR) is 44.9 cm³/mol. The van der Waals surface area contributed by atoms with Gasteiger partial charge in [-0.25, -0.2) is 13.6 Å². The second-order valence-corrected chi connectivity index (χ2v) is 5.45. The molecule has 3 nitrogen and oxygen atoms in total. The quantitative estimate of drug-likeness (QED) is 0.741. The standard InChI is InChI=1S/C7H12F3NO2S/c8-7(9,10)5-1-3-6(4-2-5)14(11,12)13/h5-6H,1-4H2,(H2,11,12,13). The fraction of sp³-hybridized carbons (Fsp3) is 1.00. The Kier molecular flexibility index (Phi) is 3.10. The summed E-state index contributed by atoms with van der Waals surface area (Å²) in [4.78, 5) is 0. The van der Waals surface area contributed by atoms with Crippen molar-refractivity contribution in [3.8, 4) is 0 Å². The molecule has 1 saturated carbocycles. The summed E-state index contributed by atoms with van der Waals surface area (Å²) < 4.78 is 58.2. The van der Waals surface area contributed by atoms with Gasteiger partial charge in [0.15, 0.2) is 0 Å². The molecule has 0 amide bonds. The molecule has 0 radical (unpaired) electrons. The molecule has 0 aromatic heterocycles. The lowest BCUT2D eigenvalue weighted by atomic mass is 9.88. The third kappa shape index (κ3) is 2.84. The van der Waals surface area contributed by atoms with Crippen LogP contribution in [-0.2, 0) is 10.0 Å². The lowest BCUT2D eigenvalue weighted by Crippen LogP contribution is -2.36. The Morgan fingerprint density at radius 1 is 1.07 bits per heavy atom. The molecule has 0 aromatic carbocycles. The van der Waals surface area contributed by atoms with Crippen LogP contribution in [0, 0.1) is 5.92 Å². The van der Waals surface area contributed by atoms with Crippen LogP contribution < -0.4 is 5.14 Å². The number of hydrogen-bond donors (Lipinski definition) is 1. The highest BCUT2D eigenvalue weighted by atomic mass is 32.2. The molecule has 0 heterocycles. The number of halogens is 3. The zero-order valence-electron chi connectivity index (χ0n) is 7.42. The second kappa shape index (κ2) is 3.69. The molecule has 1 aliphatic rings. The highest BCUT2D eigenvalue weighted by Crippen LogP contribution is 2.38. The zero-order chi connectivity index (χ0) is 11.0. The highest BCUT2D eigenvalue weighted by molar-refractivity contribution is 7.89. The zero-order valence-corrected chi connectivity index (χ0v) is 8.24. The van der Waals surface area contributed by atoms with E-state index in [2.05, 4.69) is 0 Å². The van der Waals surface area contributed by atoms with Crippen molar-refractivity contribution >= 4 is 10.0 Å². The third-order valence-corrected chi connectivity index (χ3v) is 4.00. The van der Waals surface area contributed by atoms with E-state index in [1.807, 2.05) is 0 Å². The van der Waals surface area contributed by atoms with Gasteiger partial charge in [0.25, 0.3) is 0 Å². The van der Waals surface area contributed by atoms with Gasteiger partial charge in [0.1, 0.15) is 0 Å². The Balaban J connectivity index is 2.56. The molecule has 1 rings (SSSR count). The smallest absolute Gasteiger partial charge is 0.228 e. The van der Waals surface area contributed by atoms with Gasteiger partial charge >= 0.3 is 6.18 Å². The molecule has 0 bridgehead atoms. The molecule has 14 heavy (non-hydrogen) atoms. The van der Waals surface area contributed by atoms with Gasteiger partial charge in [-0.15, -0.1) is 0 Å². The molecule has 0 saturated heterocycles. The van der Waals surface area contributed by atoms with Gasteiger partial charge in [0.05, 0.1) is 11.2 Å². The maximum Gasteiger partial charge on any atom is 0.391 e. The Morgan fingerprint density at radius 2 is 1.50 bits per heavy atom. The van der Waals surface area contributed by atoms with E-state index in [-0.39, 0.29) is 25.7 Å². The van der Waals surface area contributed by atoms with Gasteiger partial charge in [-0.3, -0.25) is 0 Å². The van der Waals surface area contributed by atoms with Gasteiger partial charge < -0.3 is 0 Å². The normalized spacial score (nSPS) is 30.3. The summed E-state index contributed by atoms with van der Waals surface area (Å²) in [5.41, 5.74) is 0. The summed E-state index contributed by atoms with van der Waals surface area (Å²) in [5.74, 6) is -1.36. The minimum atomic E-state index is -4.21. The molecule has 0 atom stereocenters. The molecule has 0 aromatic rings. The van der Waals surface area contributed by atoms with Gasteiger partial charge in [-0.2, -0.15) is 13.2 Å². The van der Waals surface area contributed by atoms with Crippen molar-refractivity contribution in [3.05, 3.63) is 0 Å². The number of nitrogens with two attached hydrogens (primary N) is 1. The first-order valence-electron chi connectivity index (χ1n) is 4.29. The fourth-order valence-corrected chi connectivity index (χ4v) is 2.65. The van der Waals surface area contributed by atoms with E-state index in [1.165, 1.54) is 0 Å². The summed E-state index contributed by atoms with van der Waals surface area (Å²) >= 11 is 0. The number of sulfonamides is 1. The monoisotopic (exact) mass is 231 g/mol. The topological polar surface area (TPSA) is 60.2 Å². The van der Waals surface area contributed by atoms with Crippen LogP contribution in [0.3, 0.4) is 0 Å². The molecule has 0 unspecified atom stereocenters. The Morgan fingerprint density at radius 3 is 1.79 bits per heavy atom. The number of hydrogen-bond acceptors (Lipinski definition) is 2. The fourth-order valence-electron chi connectivity index (χ4n) is 1.72. The largest absolute Gasteiger partial charge is 0.391 e. The summed E-state index contributed by atoms with van der Waals surface area (Å²) in [6, 6.07) is 0. The maximum atomic E-state index is 12.2. The molecule has 1 aliphatic carbocycles. The first-order chi connectivity index (χ1) is 6.21. The first kappa shape index (κ1) is 11.8. The van der Waals surface area contributed by atoms with Crippen LogP contribution in [0.1, 0.15) is 25.7 Å². The summed E-state index contributed by atoms with van der Waals surface area (Å²) in [6.07, 6.45) is -4.44. The van der Waals surface area contributed by atoms with Gasteiger partial charge in [0.2, 0.25) is 10.0 Å². The minimum absolute atomic E-state index is 0.0169. The van der Waals surface area contributed by atoms with Crippen LogP contribution in [0.5, 0.6) is 0 Å². The van der Waals surface area contributed by atoms with Gasteiger partial charge in [-0.1, -0.05) is 0 Å². The van der Waals surface area contributed by atoms with Crippen molar-refractivity contribution < 1.29 is 21.6 Å². The van der Waals surface area contributed by atoms with Gasteiger partial charge in [0, 0.05) is 0 Å². The van der Waals surface area contributed by atoms with Crippen LogP contribution in [0.25, 0.3) is 0 Å². The number of rotatable bonds is 1. The van der Waals surface area contributed by atoms with Crippen LogP contribution in [0.4, 0.5) is 13.2 Å². The van der Waals surface area contributed by atoms with E-state index in [1.54, 1.807) is 0 Å². The SMILES string of the molecule is NS(=O)(=O)C1CCC(C(F)(F)F)CC1. The van der Waals surface area contributed by atoms with Gasteiger partial charge in [-0.05, 0) is 25.7 Å². The van der Waals surface area contributed by atoms with E-state index in [9.17, 15) is 21.6 Å². The maximum absolute atomic E-state index is 12.2. The summed E-state index contributed by atoms with van der Waals surface area (Å²) in [7, 11) is -3.66. The van der Waals surface area contributed by atoms with E-state index in [4.69, 9.17) is 5.14 Å². The van der Waals surface area contributed by atoms with Crippen LogP contribution in [0.2, 0.25) is 0 Å². The Bertz CT molecular complexity index is 291. The van der Waals surface area contributed by atoms with Crippen molar-refractivity contribution in [1.82, 2.24) is 0 Å². The average Bonchev–Trinajstić information content (AvgIpc) is 2.01. The summed E-state index contributed by atoms with van der Waals surface area (Å²) in [6.45, 7) is 0. The third-order valence-electron chi connectivity index (χ3n) is 2.60. The van der Waals surface area contributed by atoms with Crippen LogP contribution in [0.15, 0.2) is 0 Å². The van der Waals surface area contributed by atoms with E-state index < -0.39 is 27.4 Å². The molecular weight excluding hydrogens is 219 g/mol. The molecule has 2 N–H and O–H groups in total. The van der Waals surface area contributed by atoms with Crippen molar-refractivity contribution in [3.63, 3.8) is 0 Å². The van der Waals surface area contributed by atoms with Crippen molar-refractivity contribution in [2.24, 2.45) is 11.1 Å². The molecule has 7 heteroatoms. The number of alkyl halides is 3. The Labute approximate surface area is 80.5 Å². The van der Waals surface area contributed by atoms with Crippen LogP contribution in [-0.4, -0.2) is 19.8 Å². The molecular formula is C7H12F3NO2S. The highest BCUT2D eigenvalue weighted by Gasteiger charge is 2.43. The first-order valence-corrected chi connectivity index (χ1v) is 5.90. The van der Waals surface area contributed by atoms with E-state index in [0.29, 0.717) is 0 Å². The van der Waals surface area contributed by atoms with Crippen LogP contribution >= 0.6 is 0 Å². The lowest BCUT2D eigenvalue weighted by molar-refractivity contribution is -0.181. The minimum Gasteiger partial charge on any atom is -0.228 e. The van der Waals surface area contributed by atoms with Crippen molar-refractivity contribution in [2.75, 3.05) is 0 Å². The molecule has 0 aliphatic heterocycles. The molecule has 0 spiro atoms. The molecule has 1 fully saturated rings. The van der Waals surface area contributed by atoms with E-state index >= 15 is 0 Å². The average molecular weight is 231 g/mol. The van der Waals surface area contributed by atoms with Crippen molar-refractivity contribution in [1.29, 1.82) is 0 Å². The summed E-state index contributed by atoms with van der Waals surface area (Å²) in [5, 5.41) is 4.07. The predicted octanol–water partition coefficient (Wildman–Crippen LogP) is 1.40. The van der Waals surface area contributed by atoms with E-state index in [0.717, 1.165) is 0 Å². The Hall–Kier alpha value is -0.300. The molecule has 84 valence electrons.